The fraction of sp³-hybridized carbons (Fsp3) is 0.412. The van der Waals surface area contributed by atoms with E-state index in [-0.39, 0.29) is 17.7 Å². The molecule has 1 amide bonds. The summed E-state index contributed by atoms with van der Waals surface area (Å²) in [5.74, 6) is -0.728. The lowest BCUT2D eigenvalue weighted by Gasteiger charge is -2.14. The topological polar surface area (TPSA) is 62.2 Å². The molecule has 1 heterocycles. The second-order valence-electron chi connectivity index (χ2n) is 6.43. The summed E-state index contributed by atoms with van der Waals surface area (Å²) in [6.45, 7) is 6.58. The minimum absolute atomic E-state index is 0.0215. The Morgan fingerprint density at radius 2 is 2.17 bits per heavy atom. The second kappa shape index (κ2) is 7.19. The number of carbonyl (C=O) groups excluding carboxylic acids is 1. The van der Waals surface area contributed by atoms with Crippen molar-refractivity contribution in [3.63, 3.8) is 0 Å². The van der Waals surface area contributed by atoms with Crippen LogP contribution in [0.5, 0.6) is 0 Å². The van der Waals surface area contributed by atoms with E-state index in [0.717, 1.165) is 10.7 Å². The zero-order valence-corrected chi connectivity index (χ0v) is 14.3. The number of aliphatic hydroxyl groups excluding tert-OH is 1. The number of aromatic nitrogens is 1. The van der Waals surface area contributed by atoms with Crippen LogP contribution in [0.1, 0.15) is 49.6 Å². The number of carbonyl (C=O) groups is 1. The fourth-order valence-corrected chi connectivity index (χ4v) is 2.95. The van der Waals surface area contributed by atoms with E-state index < -0.39 is 11.9 Å². The minimum atomic E-state index is -1.02. The first kappa shape index (κ1) is 17.6. The van der Waals surface area contributed by atoms with Gasteiger partial charge in [-0.1, -0.05) is 32.9 Å². The number of halogens is 1. The lowest BCUT2D eigenvalue weighted by atomic mass is 9.93. The molecule has 0 saturated carbocycles. The summed E-state index contributed by atoms with van der Waals surface area (Å²) in [4.78, 5) is 16.4. The van der Waals surface area contributed by atoms with Crippen LogP contribution in [0, 0.1) is 5.82 Å². The largest absolute Gasteiger partial charge is 0.388 e. The summed E-state index contributed by atoms with van der Waals surface area (Å²) in [6, 6.07) is 5.63. The van der Waals surface area contributed by atoms with E-state index in [2.05, 4.69) is 31.1 Å². The number of nitrogens with one attached hydrogen (secondary N) is 1. The summed E-state index contributed by atoms with van der Waals surface area (Å²) in [5.41, 5.74) is 1.36. The molecule has 2 aromatic rings. The Bertz CT molecular complexity index is 679. The fourth-order valence-electron chi connectivity index (χ4n) is 1.99. The summed E-state index contributed by atoms with van der Waals surface area (Å²) in [5, 5.41) is 15.5. The predicted octanol–water partition coefficient (Wildman–Crippen LogP) is 3.32. The third-order valence-electron chi connectivity index (χ3n) is 3.37. The maximum absolute atomic E-state index is 13.1. The smallest absolute Gasteiger partial charge is 0.223 e. The van der Waals surface area contributed by atoms with E-state index >= 15 is 0 Å². The van der Waals surface area contributed by atoms with E-state index in [4.69, 9.17) is 0 Å². The summed E-state index contributed by atoms with van der Waals surface area (Å²) < 4.78 is 13.1. The zero-order valence-electron chi connectivity index (χ0n) is 13.5. The van der Waals surface area contributed by atoms with Crippen molar-refractivity contribution in [2.45, 2.75) is 45.3 Å². The monoisotopic (exact) mass is 336 g/mol. The molecule has 1 unspecified atom stereocenters. The first-order valence-corrected chi connectivity index (χ1v) is 8.29. The number of hydrogen-bond donors (Lipinski definition) is 2. The first-order chi connectivity index (χ1) is 10.8. The molecule has 1 aromatic heterocycles. The van der Waals surface area contributed by atoms with Crippen molar-refractivity contribution < 1.29 is 14.3 Å². The second-order valence-corrected chi connectivity index (χ2v) is 7.37. The highest BCUT2D eigenvalue weighted by molar-refractivity contribution is 7.09. The van der Waals surface area contributed by atoms with Crippen LogP contribution in [0.15, 0.2) is 29.6 Å². The van der Waals surface area contributed by atoms with Gasteiger partial charge in [-0.05, 0) is 17.7 Å². The van der Waals surface area contributed by atoms with Gasteiger partial charge in [-0.2, -0.15) is 0 Å². The number of hydrogen-bond acceptors (Lipinski definition) is 4. The van der Waals surface area contributed by atoms with Gasteiger partial charge in [-0.15, -0.1) is 11.3 Å². The van der Waals surface area contributed by atoms with Crippen LogP contribution >= 0.6 is 11.3 Å². The lowest BCUT2D eigenvalue weighted by Crippen LogP contribution is -2.24. The van der Waals surface area contributed by atoms with E-state index in [1.54, 1.807) is 6.07 Å². The van der Waals surface area contributed by atoms with E-state index in [1.807, 2.05) is 5.38 Å². The Hall–Kier alpha value is -1.79. The van der Waals surface area contributed by atoms with Crippen LogP contribution in [-0.2, 0) is 16.8 Å². The van der Waals surface area contributed by atoms with E-state index in [1.165, 1.54) is 29.5 Å². The lowest BCUT2D eigenvalue weighted by molar-refractivity contribution is -0.123. The Kier molecular flexibility index (Phi) is 5.49. The Balaban J connectivity index is 1.86. The van der Waals surface area contributed by atoms with Gasteiger partial charge < -0.3 is 10.4 Å². The molecule has 6 heteroatoms. The van der Waals surface area contributed by atoms with E-state index in [9.17, 15) is 14.3 Å². The van der Waals surface area contributed by atoms with Gasteiger partial charge in [0.2, 0.25) is 5.91 Å². The number of amides is 1. The van der Waals surface area contributed by atoms with Gasteiger partial charge in [-0.25, -0.2) is 9.37 Å². The molecule has 23 heavy (non-hydrogen) atoms. The van der Waals surface area contributed by atoms with Crippen molar-refractivity contribution in [1.82, 2.24) is 10.3 Å². The average molecular weight is 336 g/mol. The van der Waals surface area contributed by atoms with Gasteiger partial charge in [0, 0.05) is 10.8 Å². The van der Waals surface area contributed by atoms with Gasteiger partial charge >= 0.3 is 0 Å². The maximum atomic E-state index is 13.1. The van der Waals surface area contributed by atoms with Crippen LogP contribution < -0.4 is 5.32 Å². The third-order valence-corrected chi connectivity index (χ3v) is 4.22. The highest BCUT2D eigenvalue weighted by atomic mass is 32.1. The van der Waals surface area contributed by atoms with Crippen LogP contribution in [0.3, 0.4) is 0 Å². The highest BCUT2D eigenvalue weighted by Gasteiger charge is 2.18. The van der Waals surface area contributed by atoms with Gasteiger partial charge in [-0.3, -0.25) is 4.79 Å². The normalized spacial score (nSPS) is 12.9. The molecule has 0 radical (unpaired) electrons. The number of rotatable bonds is 5. The highest BCUT2D eigenvalue weighted by Crippen LogP contribution is 2.24. The molecular formula is C17H21FN2O2S. The number of thiazole rings is 1. The van der Waals surface area contributed by atoms with Crippen LogP contribution in [0.2, 0.25) is 0 Å². The minimum Gasteiger partial charge on any atom is -0.388 e. The van der Waals surface area contributed by atoms with Gasteiger partial charge in [0.1, 0.15) is 10.8 Å². The maximum Gasteiger partial charge on any atom is 0.223 e. The molecule has 0 spiro atoms. The molecule has 1 aromatic carbocycles. The Morgan fingerprint density at radius 1 is 1.43 bits per heavy atom. The van der Waals surface area contributed by atoms with E-state index in [0.29, 0.717) is 12.1 Å². The van der Waals surface area contributed by atoms with Crippen molar-refractivity contribution in [2.24, 2.45) is 0 Å². The summed E-state index contributed by atoms with van der Waals surface area (Å²) in [7, 11) is 0. The van der Waals surface area contributed by atoms with Crippen molar-refractivity contribution in [2.75, 3.05) is 0 Å². The van der Waals surface area contributed by atoms with Crippen LogP contribution in [0.25, 0.3) is 0 Å². The van der Waals surface area contributed by atoms with Crippen LogP contribution in [0.4, 0.5) is 4.39 Å². The molecule has 0 aliphatic heterocycles. The molecule has 124 valence electrons. The Labute approximate surface area is 139 Å². The quantitative estimate of drug-likeness (QED) is 0.880. The number of aliphatic hydroxyl groups is 1. The van der Waals surface area contributed by atoms with Crippen molar-refractivity contribution in [3.8, 4) is 0 Å². The van der Waals surface area contributed by atoms with Crippen molar-refractivity contribution in [1.29, 1.82) is 0 Å². The Morgan fingerprint density at radius 3 is 2.78 bits per heavy atom. The molecule has 0 aliphatic carbocycles. The molecule has 0 aliphatic rings. The van der Waals surface area contributed by atoms with Crippen LogP contribution in [-0.4, -0.2) is 16.0 Å². The van der Waals surface area contributed by atoms with Crippen molar-refractivity contribution >= 4 is 17.2 Å². The first-order valence-electron chi connectivity index (χ1n) is 7.41. The molecule has 1 atom stereocenters. The molecule has 2 rings (SSSR count). The van der Waals surface area contributed by atoms with Crippen molar-refractivity contribution in [3.05, 3.63) is 51.7 Å². The van der Waals surface area contributed by atoms with Gasteiger partial charge in [0.15, 0.2) is 0 Å². The standard InChI is InChI=1S/C17H21FN2O2S/c1-17(2,3)14-10-23-16(20-14)9-19-15(22)8-13(21)11-5-4-6-12(18)7-11/h4-7,10,13,21H,8-9H2,1-3H3,(H,19,22). The van der Waals surface area contributed by atoms with Gasteiger partial charge in [0.05, 0.1) is 24.8 Å². The predicted molar refractivity (Wildman–Crippen MR) is 88.6 cm³/mol. The summed E-state index contributed by atoms with van der Waals surface area (Å²) in [6.07, 6.45) is -1.13. The van der Waals surface area contributed by atoms with Gasteiger partial charge in [0.25, 0.3) is 0 Å². The molecule has 4 nitrogen and oxygen atoms in total. The SMILES string of the molecule is CC(C)(C)c1csc(CNC(=O)CC(O)c2cccc(F)c2)n1. The molecule has 0 saturated heterocycles. The number of benzene rings is 1. The number of nitrogens with zero attached hydrogens (tertiary/aromatic N) is 1. The zero-order chi connectivity index (χ0) is 17.0. The molecule has 0 bridgehead atoms. The average Bonchev–Trinajstić information content (AvgIpc) is 2.94. The third kappa shape index (κ3) is 5.11. The summed E-state index contributed by atoms with van der Waals surface area (Å²) >= 11 is 1.50. The molecule has 2 N–H and O–H groups in total. The molecular weight excluding hydrogens is 315 g/mol. The molecule has 0 fully saturated rings.